The first-order valence-electron chi connectivity index (χ1n) is 6.98. The number of rotatable bonds is 5. The summed E-state index contributed by atoms with van der Waals surface area (Å²) in [6.07, 6.45) is 0. The van der Waals surface area contributed by atoms with Gasteiger partial charge in [0.15, 0.2) is 4.34 Å². The molecule has 0 aliphatic rings. The Morgan fingerprint density at radius 3 is 2.64 bits per heavy atom. The van der Waals surface area contributed by atoms with Crippen LogP contribution >= 0.6 is 23.1 Å². The summed E-state index contributed by atoms with van der Waals surface area (Å²) in [5.74, 6) is 0.538. The highest BCUT2D eigenvalue weighted by molar-refractivity contribution is 8.01. The molecule has 0 unspecified atom stereocenters. The molecule has 0 saturated carbocycles. The average molecular weight is 328 g/mol. The van der Waals surface area contributed by atoms with Crippen LogP contribution in [0.1, 0.15) is 5.56 Å². The van der Waals surface area contributed by atoms with E-state index in [-0.39, 0.29) is 5.91 Å². The van der Waals surface area contributed by atoms with E-state index in [1.165, 1.54) is 11.8 Å². The van der Waals surface area contributed by atoms with Gasteiger partial charge in [-0.1, -0.05) is 54.2 Å². The van der Waals surface area contributed by atoms with Crippen molar-refractivity contribution in [1.29, 1.82) is 0 Å². The summed E-state index contributed by atoms with van der Waals surface area (Å²) < 4.78 is 2.11. The maximum atomic E-state index is 12.2. The molecule has 112 valence electrons. The number of thiazole rings is 1. The lowest BCUT2D eigenvalue weighted by Crippen LogP contribution is -2.27. The Bertz CT molecular complexity index is 737. The van der Waals surface area contributed by atoms with Crippen molar-refractivity contribution in [2.45, 2.75) is 10.9 Å². The Hall–Kier alpha value is -1.85. The minimum atomic E-state index is 0.119. The van der Waals surface area contributed by atoms with Gasteiger partial charge in [-0.05, 0) is 17.7 Å². The second-order valence-electron chi connectivity index (χ2n) is 4.97. The molecular weight excluding hydrogens is 312 g/mol. The van der Waals surface area contributed by atoms with Gasteiger partial charge in [0.2, 0.25) is 5.91 Å². The van der Waals surface area contributed by atoms with Crippen molar-refractivity contribution < 1.29 is 4.79 Å². The molecule has 1 heterocycles. The van der Waals surface area contributed by atoms with Crippen LogP contribution in [0.15, 0.2) is 58.9 Å². The summed E-state index contributed by atoms with van der Waals surface area (Å²) in [6, 6.07) is 18.1. The first kappa shape index (κ1) is 15.1. The van der Waals surface area contributed by atoms with Crippen molar-refractivity contribution in [2.24, 2.45) is 0 Å². The summed E-state index contributed by atoms with van der Waals surface area (Å²) in [6.45, 7) is 0.639. The predicted molar refractivity (Wildman–Crippen MR) is 93.3 cm³/mol. The molecule has 1 aromatic heterocycles. The normalized spacial score (nSPS) is 10.8. The maximum absolute atomic E-state index is 12.2. The molecule has 0 spiro atoms. The zero-order valence-electron chi connectivity index (χ0n) is 12.2. The van der Waals surface area contributed by atoms with E-state index in [4.69, 9.17) is 0 Å². The third-order valence-corrected chi connectivity index (χ3v) is 5.45. The lowest BCUT2D eigenvalue weighted by molar-refractivity contribution is -0.127. The highest BCUT2D eigenvalue weighted by Crippen LogP contribution is 2.29. The number of aromatic nitrogens is 1. The van der Waals surface area contributed by atoms with E-state index in [0.717, 1.165) is 20.1 Å². The van der Waals surface area contributed by atoms with E-state index in [9.17, 15) is 4.79 Å². The molecule has 0 fully saturated rings. The van der Waals surface area contributed by atoms with Gasteiger partial charge in [0, 0.05) is 13.6 Å². The summed E-state index contributed by atoms with van der Waals surface area (Å²) in [7, 11) is 1.84. The largest absolute Gasteiger partial charge is 0.341 e. The van der Waals surface area contributed by atoms with Crippen LogP contribution in [0.5, 0.6) is 0 Å². The van der Waals surface area contributed by atoms with Gasteiger partial charge in [-0.25, -0.2) is 4.98 Å². The second kappa shape index (κ2) is 6.94. The highest BCUT2D eigenvalue weighted by atomic mass is 32.2. The predicted octanol–water partition coefficient (Wildman–Crippen LogP) is 4.05. The van der Waals surface area contributed by atoms with E-state index >= 15 is 0 Å². The molecule has 5 heteroatoms. The molecule has 0 bridgehead atoms. The van der Waals surface area contributed by atoms with Crippen LogP contribution in [-0.4, -0.2) is 28.6 Å². The first-order valence-corrected chi connectivity index (χ1v) is 8.79. The number of amides is 1. The molecule has 3 rings (SSSR count). The summed E-state index contributed by atoms with van der Waals surface area (Å²) in [4.78, 5) is 18.5. The van der Waals surface area contributed by atoms with E-state index in [2.05, 4.69) is 11.1 Å². The average Bonchev–Trinajstić information content (AvgIpc) is 2.96. The van der Waals surface area contributed by atoms with Crippen LogP contribution < -0.4 is 0 Å². The fourth-order valence-electron chi connectivity index (χ4n) is 2.09. The van der Waals surface area contributed by atoms with Crippen molar-refractivity contribution in [3.05, 3.63) is 60.2 Å². The van der Waals surface area contributed by atoms with Gasteiger partial charge in [-0.3, -0.25) is 4.79 Å². The summed E-state index contributed by atoms with van der Waals surface area (Å²) >= 11 is 3.15. The Kier molecular flexibility index (Phi) is 4.75. The highest BCUT2D eigenvalue weighted by Gasteiger charge is 2.11. The fourth-order valence-corrected chi connectivity index (χ4v) is 4.10. The van der Waals surface area contributed by atoms with Crippen LogP contribution in [0, 0.1) is 0 Å². The number of carbonyl (C=O) groups excluding carboxylic acids is 1. The van der Waals surface area contributed by atoms with Crippen LogP contribution in [0.3, 0.4) is 0 Å². The maximum Gasteiger partial charge on any atom is 0.233 e. The van der Waals surface area contributed by atoms with Crippen LogP contribution in [0.25, 0.3) is 10.2 Å². The van der Waals surface area contributed by atoms with Crippen molar-refractivity contribution in [2.75, 3.05) is 12.8 Å². The standard InChI is InChI=1S/C17H16N2OS2/c1-19(11-13-7-3-2-4-8-13)16(20)12-21-17-18-14-9-5-6-10-15(14)22-17/h2-10H,11-12H2,1H3. The zero-order chi connectivity index (χ0) is 15.4. The van der Waals surface area contributed by atoms with E-state index in [1.54, 1.807) is 16.2 Å². The molecule has 3 nitrogen and oxygen atoms in total. The number of carbonyl (C=O) groups is 1. The molecule has 3 aromatic rings. The van der Waals surface area contributed by atoms with Crippen LogP contribution in [0.4, 0.5) is 0 Å². The van der Waals surface area contributed by atoms with Gasteiger partial charge in [0.25, 0.3) is 0 Å². The summed E-state index contributed by atoms with van der Waals surface area (Å²) in [5, 5.41) is 0. The minimum absolute atomic E-state index is 0.119. The van der Waals surface area contributed by atoms with E-state index in [1.807, 2.05) is 55.6 Å². The molecule has 1 amide bonds. The third kappa shape index (κ3) is 3.67. The van der Waals surface area contributed by atoms with Gasteiger partial charge in [0.1, 0.15) is 0 Å². The van der Waals surface area contributed by atoms with Crippen molar-refractivity contribution in [3.8, 4) is 0 Å². The number of nitrogens with zero attached hydrogens (tertiary/aromatic N) is 2. The zero-order valence-corrected chi connectivity index (χ0v) is 13.9. The Morgan fingerprint density at radius 1 is 1.14 bits per heavy atom. The van der Waals surface area contributed by atoms with Crippen molar-refractivity contribution >= 4 is 39.2 Å². The van der Waals surface area contributed by atoms with E-state index in [0.29, 0.717) is 12.3 Å². The molecule has 2 aromatic carbocycles. The topological polar surface area (TPSA) is 33.2 Å². The van der Waals surface area contributed by atoms with Gasteiger partial charge in [-0.2, -0.15) is 0 Å². The Morgan fingerprint density at radius 2 is 1.86 bits per heavy atom. The molecule has 0 radical (unpaired) electrons. The smallest absolute Gasteiger partial charge is 0.233 e. The molecule has 22 heavy (non-hydrogen) atoms. The van der Waals surface area contributed by atoms with Crippen LogP contribution in [-0.2, 0) is 11.3 Å². The molecule has 0 N–H and O–H groups in total. The van der Waals surface area contributed by atoms with Gasteiger partial charge in [0.05, 0.1) is 16.0 Å². The van der Waals surface area contributed by atoms with Gasteiger partial charge >= 0.3 is 0 Å². The van der Waals surface area contributed by atoms with Gasteiger partial charge in [-0.15, -0.1) is 11.3 Å². The molecule has 0 aliphatic heterocycles. The minimum Gasteiger partial charge on any atom is -0.341 e. The number of thioether (sulfide) groups is 1. The van der Waals surface area contributed by atoms with Crippen molar-refractivity contribution in [3.63, 3.8) is 0 Å². The third-order valence-electron chi connectivity index (χ3n) is 3.28. The fraction of sp³-hybridized carbons (Fsp3) is 0.176. The summed E-state index contributed by atoms with van der Waals surface area (Å²) in [5.41, 5.74) is 2.14. The van der Waals surface area contributed by atoms with Crippen LogP contribution in [0.2, 0.25) is 0 Å². The molecule has 0 atom stereocenters. The molecular formula is C17H16N2OS2. The number of para-hydroxylation sites is 1. The Balaban J connectivity index is 1.57. The Labute approximate surface area is 138 Å². The van der Waals surface area contributed by atoms with Gasteiger partial charge < -0.3 is 4.90 Å². The number of hydrogen-bond acceptors (Lipinski definition) is 4. The van der Waals surface area contributed by atoms with Crippen molar-refractivity contribution in [1.82, 2.24) is 9.88 Å². The van der Waals surface area contributed by atoms with E-state index < -0.39 is 0 Å². The number of benzene rings is 2. The molecule has 0 aliphatic carbocycles. The lowest BCUT2D eigenvalue weighted by atomic mass is 10.2. The quantitative estimate of drug-likeness (QED) is 0.663. The second-order valence-corrected chi connectivity index (χ2v) is 7.22. The molecule has 0 saturated heterocycles. The monoisotopic (exact) mass is 328 g/mol. The number of fused-ring (bicyclic) bond motifs is 1. The number of hydrogen-bond donors (Lipinski definition) is 0. The SMILES string of the molecule is CN(Cc1ccccc1)C(=O)CSc1nc2ccccc2s1. The first-order chi connectivity index (χ1) is 10.7. The lowest BCUT2D eigenvalue weighted by Gasteiger charge is -2.16.